The zero-order chi connectivity index (χ0) is 14.5. The Morgan fingerprint density at radius 1 is 1.15 bits per heavy atom. The lowest BCUT2D eigenvalue weighted by molar-refractivity contribution is -0.146. The van der Waals surface area contributed by atoms with Crippen molar-refractivity contribution in [1.29, 1.82) is 0 Å². The largest absolute Gasteiger partial charge is 0.507 e. The van der Waals surface area contributed by atoms with E-state index in [-0.39, 0.29) is 5.76 Å². The molecule has 20 heavy (non-hydrogen) atoms. The van der Waals surface area contributed by atoms with Gasteiger partial charge in [0, 0.05) is 22.7 Å². The lowest BCUT2D eigenvalue weighted by Gasteiger charge is -1.97. The highest BCUT2D eigenvalue weighted by molar-refractivity contribution is 7.99. The van der Waals surface area contributed by atoms with Gasteiger partial charge in [0.15, 0.2) is 0 Å². The first-order chi connectivity index (χ1) is 9.56. The van der Waals surface area contributed by atoms with Crippen LogP contribution in [0.2, 0.25) is 0 Å². The summed E-state index contributed by atoms with van der Waals surface area (Å²) in [5.74, 6) is -3.15. The molecule has 1 aromatic carbocycles. The van der Waals surface area contributed by atoms with E-state index in [1.54, 1.807) is 6.07 Å². The Bertz CT molecular complexity index is 661. The van der Waals surface area contributed by atoms with E-state index in [9.17, 15) is 14.7 Å². The maximum atomic E-state index is 11.0. The van der Waals surface area contributed by atoms with Gasteiger partial charge in [0.05, 0.1) is 5.03 Å². The minimum atomic E-state index is -1.61. The standard InChI is InChI=1S/C14H11NO4S/c16-11(7-12(17)14(18)19)9-6-13(15-8-9)20-10-4-2-1-3-5-10/h1-8,15-16H,(H,18,19). The molecule has 1 aromatic heterocycles. The van der Waals surface area contributed by atoms with Crippen molar-refractivity contribution in [3.8, 4) is 0 Å². The zero-order valence-corrected chi connectivity index (χ0v) is 11.1. The molecule has 0 fully saturated rings. The first-order valence-electron chi connectivity index (χ1n) is 5.66. The van der Waals surface area contributed by atoms with Crippen molar-refractivity contribution < 1.29 is 19.8 Å². The number of aliphatic hydroxyl groups is 1. The predicted octanol–water partition coefficient (Wildman–Crippen LogP) is 2.72. The van der Waals surface area contributed by atoms with E-state index in [4.69, 9.17) is 5.11 Å². The van der Waals surface area contributed by atoms with Crippen molar-refractivity contribution >= 4 is 29.3 Å². The van der Waals surface area contributed by atoms with Crippen LogP contribution >= 0.6 is 11.8 Å². The number of aliphatic carboxylic acids is 1. The number of carboxylic acid groups (broad SMARTS) is 1. The number of aromatic nitrogens is 1. The number of nitrogens with one attached hydrogen (secondary N) is 1. The van der Waals surface area contributed by atoms with Crippen LogP contribution in [0.25, 0.3) is 5.76 Å². The fraction of sp³-hybridized carbons (Fsp3) is 0. The molecule has 0 aliphatic heterocycles. The van der Waals surface area contributed by atoms with Gasteiger partial charge >= 0.3 is 5.97 Å². The van der Waals surface area contributed by atoms with E-state index >= 15 is 0 Å². The van der Waals surface area contributed by atoms with Crippen LogP contribution in [-0.4, -0.2) is 26.9 Å². The van der Waals surface area contributed by atoms with Crippen LogP contribution in [-0.2, 0) is 9.59 Å². The van der Waals surface area contributed by atoms with E-state index in [0.29, 0.717) is 11.6 Å². The Kier molecular flexibility index (Phi) is 4.27. The molecule has 0 atom stereocenters. The molecule has 3 N–H and O–H groups in total. The third kappa shape index (κ3) is 3.52. The Hall–Kier alpha value is -2.47. The van der Waals surface area contributed by atoms with Crippen LogP contribution in [0.5, 0.6) is 0 Å². The molecule has 0 unspecified atom stereocenters. The minimum absolute atomic E-state index is 0.359. The third-order valence-electron chi connectivity index (χ3n) is 2.40. The van der Waals surface area contributed by atoms with Crippen LogP contribution in [0.4, 0.5) is 0 Å². The maximum absolute atomic E-state index is 11.0. The Labute approximate surface area is 119 Å². The molecule has 0 spiro atoms. The second-order valence-electron chi connectivity index (χ2n) is 3.87. The molecule has 0 aliphatic carbocycles. The molecule has 102 valence electrons. The molecule has 2 aromatic rings. The van der Waals surface area contributed by atoms with Gasteiger partial charge in [-0.1, -0.05) is 30.0 Å². The number of benzene rings is 1. The van der Waals surface area contributed by atoms with E-state index in [0.717, 1.165) is 9.92 Å². The number of carbonyl (C=O) groups excluding carboxylic acids is 1. The summed E-state index contributed by atoms with van der Waals surface area (Å²) >= 11 is 1.46. The molecule has 2 rings (SSSR count). The molecule has 0 saturated heterocycles. The first-order valence-corrected chi connectivity index (χ1v) is 6.47. The van der Waals surface area contributed by atoms with E-state index in [1.807, 2.05) is 30.3 Å². The number of H-pyrrole nitrogens is 1. The van der Waals surface area contributed by atoms with Crippen LogP contribution in [0.15, 0.2) is 58.6 Å². The van der Waals surface area contributed by atoms with Gasteiger partial charge in [0.25, 0.3) is 5.78 Å². The van der Waals surface area contributed by atoms with Crippen molar-refractivity contribution in [2.75, 3.05) is 0 Å². The summed E-state index contributed by atoms with van der Waals surface area (Å²) in [6, 6.07) is 11.3. The lowest BCUT2D eigenvalue weighted by Crippen LogP contribution is -2.09. The van der Waals surface area contributed by atoms with Gasteiger partial charge < -0.3 is 15.2 Å². The molecule has 0 bridgehead atoms. The van der Waals surface area contributed by atoms with Crippen molar-refractivity contribution in [1.82, 2.24) is 4.98 Å². The van der Waals surface area contributed by atoms with Gasteiger partial charge in [-0.2, -0.15) is 0 Å². The molecule has 6 heteroatoms. The van der Waals surface area contributed by atoms with Crippen molar-refractivity contribution in [2.24, 2.45) is 0 Å². The zero-order valence-electron chi connectivity index (χ0n) is 10.2. The number of ketones is 1. The first kappa shape index (κ1) is 14.0. The highest BCUT2D eigenvalue weighted by Gasteiger charge is 2.11. The average molecular weight is 289 g/mol. The third-order valence-corrected chi connectivity index (χ3v) is 3.37. The summed E-state index contributed by atoms with van der Waals surface area (Å²) in [5.41, 5.74) is 0.359. The van der Waals surface area contributed by atoms with E-state index < -0.39 is 11.8 Å². The fourth-order valence-electron chi connectivity index (χ4n) is 1.47. The summed E-state index contributed by atoms with van der Waals surface area (Å²) in [7, 11) is 0. The number of carboxylic acids is 1. The van der Waals surface area contributed by atoms with E-state index in [1.165, 1.54) is 18.0 Å². The fourth-order valence-corrected chi connectivity index (χ4v) is 2.32. The van der Waals surface area contributed by atoms with Crippen molar-refractivity contribution in [3.63, 3.8) is 0 Å². The maximum Gasteiger partial charge on any atom is 0.376 e. The Morgan fingerprint density at radius 3 is 2.50 bits per heavy atom. The van der Waals surface area contributed by atoms with Crippen molar-refractivity contribution in [3.05, 3.63) is 54.2 Å². The second-order valence-corrected chi connectivity index (χ2v) is 4.98. The number of hydrogen-bond acceptors (Lipinski definition) is 4. The normalized spacial score (nSPS) is 11.3. The number of hydrogen-bond donors (Lipinski definition) is 3. The molecule has 0 radical (unpaired) electrons. The number of aromatic amines is 1. The number of aliphatic hydroxyl groups excluding tert-OH is 1. The Morgan fingerprint density at radius 2 is 1.85 bits per heavy atom. The van der Waals surface area contributed by atoms with Crippen LogP contribution in [0.1, 0.15) is 5.56 Å². The van der Waals surface area contributed by atoms with Gasteiger partial charge in [-0.3, -0.25) is 4.79 Å². The van der Waals surface area contributed by atoms with Gasteiger partial charge in [-0.05, 0) is 18.2 Å². The van der Waals surface area contributed by atoms with Crippen LogP contribution in [0, 0.1) is 0 Å². The molecular formula is C14H11NO4S. The second kappa shape index (κ2) is 6.12. The Balaban J connectivity index is 2.13. The molecule has 5 nitrogen and oxygen atoms in total. The molecule has 0 aliphatic rings. The number of rotatable bonds is 5. The van der Waals surface area contributed by atoms with Gasteiger partial charge in [0.1, 0.15) is 5.76 Å². The lowest BCUT2D eigenvalue weighted by atomic mass is 10.2. The molecule has 0 amide bonds. The van der Waals surface area contributed by atoms with E-state index in [2.05, 4.69) is 4.98 Å². The number of carbonyl (C=O) groups is 2. The summed E-state index contributed by atoms with van der Waals surface area (Å²) in [4.78, 5) is 25.3. The van der Waals surface area contributed by atoms with Gasteiger partial charge in [0.2, 0.25) is 0 Å². The molecule has 1 heterocycles. The van der Waals surface area contributed by atoms with Gasteiger partial charge in [-0.25, -0.2) is 4.79 Å². The highest BCUT2D eigenvalue weighted by Crippen LogP contribution is 2.28. The quantitative estimate of drug-likeness (QED) is 0.447. The SMILES string of the molecule is O=C(O)C(=O)C=C(O)c1c[nH]c(Sc2ccccc2)c1. The smallest absolute Gasteiger partial charge is 0.376 e. The highest BCUT2D eigenvalue weighted by atomic mass is 32.2. The van der Waals surface area contributed by atoms with Gasteiger partial charge in [-0.15, -0.1) is 0 Å². The monoisotopic (exact) mass is 289 g/mol. The van der Waals surface area contributed by atoms with Crippen molar-refractivity contribution in [2.45, 2.75) is 9.92 Å². The summed E-state index contributed by atoms with van der Waals surface area (Å²) < 4.78 is 0. The topological polar surface area (TPSA) is 90.4 Å². The summed E-state index contributed by atoms with van der Waals surface area (Å²) in [6.07, 6.45) is 2.19. The molecule has 0 saturated carbocycles. The predicted molar refractivity (Wildman–Crippen MR) is 74.6 cm³/mol. The average Bonchev–Trinajstić information content (AvgIpc) is 2.88. The van der Waals surface area contributed by atoms with Crippen LogP contribution < -0.4 is 0 Å². The minimum Gasteiger partial charge on any atom is -0.507 e. The van der Waals surface area contributed by atoms with Crippen LogP contribution in [0.3, 0.4) is 0 Å². The summed E-state index contributed by atoms with van der Waals surface area (Å²) in [6.45, 7) is 0. The molecular weight excluding hydrogens is 278 g/mol. The summed E-state index contributed by atoms with van der Waals surface area (Å²) in [5, 5.41) is 18.9.